The molecule has 0 aliphatic carbocycles. The molecule has 0 aliphatic rings. The number of urea groups is 1. The summed E-state index contributed by atoms with van der Waals surface area (Å²) in [6, 6.07) is 5.91. The molecule has 1 aromatic carbocycles. The third-order valence-electron chi connectivity index (χ3n) is 2.21. The molecule has 0 saturated heterocycles. The lowest BCUT2D eigenvalue weighted by atomic mass is 10.1. The van der Waals surface area contributed by atoms with Crippen LogP contribution in [0.15, 0.2) is 24.3 Å². The fourth-order valence-corrected chi connectivity index (χ4v) is 1.35. The number of hydrogen-bond acceptors (Lipinski definition) is 2. The molecular weight excluding hydrogens is 273 g/mol. The van der Waals surface area contributed by atoms with Gasteiger partial charge in [-0.1, -0.05) is 30.0 Å². The van der Waals surface area contributed by atoms with E-state index in [2.05, 4.69) is 17.2 Å². The predicted octanol–water partition coefficient (Wildman–Crippen LogP) is 1.39. The molecule has 1 rings (SSSR count). The Morgan fingerprint density at radius 1 is 1.25 bits per heavy atom. The molecule has 7 heteroatoms. The molecule has 0 heterocycles. The molecule has 0 fully saturated rings. The number of aliphatic hydroxyl groups is 1. The third-order valence-corrected chi connectivity index (χ3v) is 2.21. The number of rotatable bonds is 3. The number of benzene rings is 1. The van der Waals surface area contributed by atoms with Gasteiger partial charge in [-0.2, -0.15) is 13.2 Å². The Bertz CT molecular complexity index is 518. The van der Waals surface area contributed by atoms with Crippen LogP contribution in [0.25, 0.3) is 0 Å². The first-order valence-electron chi connectivity index (χ1n) is 5.68. The van der Waals surface area contributed by atoms with E-state index < -0.39 is 18.8 Å². The van der Waals surface area contributed by atoms with Gasteiger partial charge in [-0.3, -0.25) is 0 Å². The minimum Gasteiger partial charge on any atom is -0.384 e. The Hall–Kier alpha value is -2.20. The van der Waals surface area contributed by atoms with E-state index in [-0.39, 0.29) is 13.2 Å². The van der Waals surface area contributed by atoms with Crippen molar-refractivity contribution in [3.63, 3.8) is 0 Å². The minimum atomic E-state index is -4.44. The first kappa shape index (κ1) is 15.9. The van der Waals surface area contributed by atoms with Crippen molar-refractivity contribution in [3.8, 4) is 11.8 Å². The van der Waals surface area contributed by atoms with E-state index in [1.165, 1.54) is 0 Å². The molecule has 3 N–H and O–H groups in total. The summed E-state index contributed by atoms with van der Waals surface area (Å²) in [5, 5.41) is 12.6. The van der Waals surface area contributed by atoms with Gasteiger partial charge in [0, 0.05) is 12.1 Å². The van der Waals surface area contributed by atoms with Crippen LogP contribution in [-0.4, -0.2) is 30.5 Å². The summed E-state index contributed by atoms with van der Waals surface area (Å²) >= 11 is 0. The van der Waals surface area contributed by atoms with Crippen LogP contribution >= 0.6 is 0 Å². The molecule has 0 spiro atoms. The monoisotopic (exact) mass is 286 g/mol. The van der Waals surface area contributed by atoms with Gasteiger partial charge in [0.05, 0.1) is 0 Å². The van der Waals surface area contributed by atoms with E-state index >= 15 is 0 Å². The van der Waals surface area contributed by atoms with Crippen LogP contribution in [-0.2, 0) is 6.54 Å². The van der Waals surface area contributed by atoms with Gasteiger partial charge in [0.1, 0.15) is 13.2 Å². The second kappa shape index (κ2) is 7.40. The van der Waals surface area contributed by atoms with Gasteiger partial charge in [-0.05, 0) is 11.6 Å². The van der Waals surface area contributed by atoms with Crippen molar-refractivity contribution in [1.82, 2.24) is 10.6 Å². The Morgan fingerprint density at radius 3 is 2.60 bits per heavy atom. The van der Waals surface area contributed by atoms with Crippen LogP contribution in [0.2, 0.25) is 0 Å². The molecule has 0 atom stereocenters. The summed E-state index contributed by atoms with van der Waals surface area (Å²) in [6.07, 6.45) is -4.44. The number of carbonyl (C=O) groups is 1. The molecule has 0 saturated carbocycles. The molecule has 0 aromatic heterocycles. The lowest BCUT2D eigenvalue weighted by Crippen LogP contribution is -2.40. The van der Waals surface area contributed by atoms with Gasteiger partial charge in [-0.15, -0.1) is 0 Å². The smallest absolute Gasteiger partial charge is 0.384 e. The largest absolute Gasteiger partial charge is 0.405 e. The first-order chi connectivity index (χ1) is 9.42. The topological polar surface area (TPSA) is 61.4 Å². The molecule has 20 heavy (non-hydrogen) atoms. The molecule has 108 valence electrons. The van der Waals surface area contributed by atoms with E-state index in [0.29, 0.717) is 11.1 Å². The summed E-state index contributed by atoms with van der Waals surface area (Å²) in [6.45, 7) is -1.64. The van der Waals surface area contributed by atoms with Crippen molar-refractivity contribution in [2.75, 3.05) is 13.2 Å². The molecule has 0 bridgehead atoms. The zero-order valence-corrected chi connectivity index (χ0v) is 10.4. The van der Waals surface area contributed by atoms with Crippen LogP contribution in [0.3, 0.4) is 0 Å². The molecular formula is C13H13F3N2O2. The Labute approximate surface area is 114 Å². The first-order valence-corrected chi connectivity index (χ1v) is 5.68. The van der Waals surface area contributed by atoms with Crippen molar-refractivity contribution >= 4 is 6.03 Å². The number of hydrogen-bond donors (Lipinski definition) is 3. The molecule has 2 amide bonds. The van der Waals surface area contributed by atoms with Crippen molar-refractivity contribution in [1.29, 1.82) is 0 Å². The highest BCUT2D eigenvalue weighted by atomic mass is 19.4. The number of alkyl halides is 3. The minimum absolute atomic E-state index is 0.0416. The van der Waals surface area contributed by atoms with Crippen LogP contribution in [0.4, 0.5) is 18.0 Å². The molecule has 0 unspecified atom stereocenters. The zero-order chi connectivity index (χ0) is 15.0. The van der Waals surface area contributed by atoms with Crippen molar-refractivity contribution in [2.45, 2.75) is 12.7 Å². The highest BCUT2D eigenvalue weighted by molar-refractivity contribution is 5.73. The normalized spacial score (nSPS) is 10.4. The van der Waals surface area contributed by atoms with Crippen LogP contribution in [0.5, 0.6) is 0 Å². The van der Waals surface area contributed by atoms with Crippen LogP contribution < -0.4 is 10.6 Å². The lowest BCUT2D eigenvalue weighted by Gasteiger charge is -2.10. The van der Waals surface area contributed by atoms with E-state index in [4.69, 9.17) is 5.11 Å². The second-order valence-corrected chi connectivity index (χ2v) is 3.77. The molecule has 0 aliphatic heterocycles. The maximum absolute atomic E-state index is 11.9. The Balaban J connectivity index is 2.55. The predicted molar refractivity (Wildman–Crippen MR) is 66.7 cm³/mol. The van der Waals surface area contributed by atoms with Gasteiger partial charge in [0.25, 0.3) is 0 Å². The fourth-order valence-electron chi connectivity index (χ4n) is 1.35. The third kappa shape index (κ3) is 6.11. The van der Waals surface area contributed by atoms with Crippen molar-refractivity contribution in [2.24, 2.45) is 0 Å². The molecule has 0 radical (unpaired) electrons. The quantitative estimate of drug-likeness (QED) is 0.735. The van der Waals surface area contributed by atoms with Gasteiger partial charge in [0.15, 0.2) is 0 Å². The standard InChI is InChI=1S/C13H13F3N2O2/c14-13(15,16)9-18-12(20)17-8-11-5-2-1-4-10(11)6-3-7-19/h1-2,4-5,19H,7-9H2,(H2,17,18,20). The lowest BCUT2D eigenvalue weighted by molar-refractivity contribution is -0.122. The summed E-state index contributed by atoms with van der Waals surface area (Å²) < 4.78 is 35.7. The van der Waals surface area contributed by atoms with Gasteiger partial charge in [-0.25, -0.2) is 4.79 Å². The number of nitrogens with one attached hydrogen (secondary N) is 2. The highest BCUT2D eigenvalue weighted by Crippen LogP contribution is 2.12. The summed E-state index contributed by atoms with van der Waals surface area (Å²) in [4.78, 5) is 11.2. The summed E-state index contributed by atoms with van der Waals surface area (Å²) in [5.41, 5.74) is 1.24. The van der Waals surface area contributed by atoms with Crippen LogP contribution in [0, 0.1) is 11.8 Å². The molecule has 4 nitrogen and oxygen atoms in total. The number of amides is 2. The van der Waals surface area contributed by atoms with Crippen molar-refractivity contribution in [3.05, 3.63) is 35.4 Å². The number of halogens is 3. The average molecular weight is 286 g/mol. The average Bonchev–Trinajstić information content (AvgIpc) is 2.40. The summed E-state index contributed by atoms with van der Waals surface area (Å²) in [5.74, 6) is 5.16. The zero-order valence-electron chi connectivity index (χ0n) is 10.4. The van der Waals surface area contributed by atoms with Gasteiger partial charge >= 0.3 is 12.2 Å². The number of aliphatic hydroxyl groups excluding tert-OH is 1. The SMILES string of the molecule is O=C(NCc1ccccc1C#CCO)NCC(F)(F)F. The van der Waals surface area contributed by atoms with Crippen LogP contribution in [0.1, 0.15) is 11.1 Å². The highest BCUT2D eigenvalue weighted by Gasteiger charge is 2.27. The van der Waals surface area contributed by atoms with E-state index in [1.807, 2.05) is 0 Å². The van der Waals surface area contributed by atoms with Crippen molar-refractivity contribution < 1.29 is 23.1 Å². The van der Waals surface area contributed by atoms with E-state index in [0.717, 1.165) is 0 Å². The maximum Gasteiger partial charge on any atom is 0.405 e. The molecule has 1 aromatic rings. The van der Waals surface area contributed by atoms with E-state index in [1.54, 1.807) is 29.6 Å². The number of carbonyl (C=O) groups excluding carboxylic acids is 1. The maximum atomic E-state index is 11.9. The Morgan fingerprint density at radius 2 is 1.95 bits per heavy atom. The van der Waals surface area contributed by atoms with E-state index in [9.17, 15) is 18.0 Å². The van der Waals surface area contributed by atoms with Gasteiger partial charge < -0.3 is 15.7 Å². The second-order valence-electron chi connectivity index (χ2n) is 3.77. The fraction of sp³-hybridized carbons (Fsp3) is 0.308. The summed E-state index contributed by atoms with van der Waals surface area (Å²) in [7, 11) is 0. The van der Waals surface area contributed by atoms with Gasteiger partial charge in [0.2, 0.25) is 0 Å². The Kier molecular flexibility index (Phi) is 5.87.